The molecule has 9 nitrogen and oxygen atoms in total. The van der Waals surface area contributed by atoms with Crippen molar-refractivity contribution in [3.8, 4) is 11.5 Å². The molecule has 0 fully saturated rings. The smallest absolute Gasteiger partial charge is 0.321 e. The summed E-state index contributed by atoms with van der Waals surface area (Å²) in [5.41, 5.74) is 5.78. The maximum atomic E-state index is 12.4. The monoisotopic (exact) mass is 507 g/mol. The fourth-order valence-electron chi connectivity index (χ4n) is 3.46. The molecule has 0 saturated heterocycles. The van der Waals surface area contributed by atoms with E-state index in [1.807, 2.05) is 13.8 Å². The lowest BCUT2D eigenvalue weighted by atomic mass is 9.82. The van der Waals surface area contributed by atoms with Crippen molar-refractivity contribution in [2.45, 2.75) is 92.0 Å². The maximum Gasteiger partial charge on any atom is 0.321 e. The number of ether oxygens (including phenoxy) is 3. The van der Waals surface area contributed by atoms with E-state index < -0.39 is 47.2 Å². The first-order valence-corrected chi connectivity index (χ1v) is 12.5. The third-order valence-electron chi connectivity index (χ3n) is 5.64. The molecule has 0 aliphatic heterocycles. The number of aliphatic carboxylic acids is 1. The number of nitrogens with two attached hydrogens (primary N) is 1. The van der Waals surface area contributed by atoms with E-state index in [0.29, 0.717) is 18.4 Å². The van der Waals surface area contributed by atoms with Crippen LogP contribution in [0.25, 0.3) is 0 Å². The number of carbonyl (C=O) groups excluding carboxylic acids is 3. The van der Waals surface area contributed by atoms with Gasteiger partial charge < -0.3 is 25.1 Å². The number of hydrogen-bond donors (Lipinski definition) is 2. The number of unbranched alkanes of at least 4 members (excludes halogenated alkanes) is 2. The summed E-state index contributed by atoms with van der Waals surface area (Å²) in [4.78, 5) is 48.7. The third-order valence-corrected chi connectivity index (χ3v) is 5.64. The maximum absolute atomic E-state index is 12.4. The Morgan fingerprint density at radius 3 is 1.94 bits per heavy atom. The summed E-state index contributed by atoms with van der Waals surface area (Å²) in [5.74, 6) is -3.79. The SMILES string of the molecule is CCCCC(=O)Oc1ccc(C(C(C)COC(=O)C(C)(C)C)[C@H](N)C(=O)O)cc1OC(=O)CCCC. The molecule has 0 spiro atoms. The zero-order valence-electron chi connectivity index (χ0n) is 22.3. The molecule has 3 N–H and O–H groups in total. The minimum absolute atomic E-state index is 0.0138. The molecule has 1 aromatic rings. The summed E-state index contributed by atoms with van der Waals surface area (Å²) in [6.07, 6.45) is 3.30. The van der Waals surface area contributed by atoms with Gasteiger partial charge in [0.05, 0.1) is 12.0 Å². The Hall–Kier alpha value is -2.94. The summed E-state index contributed by atoms with van der Waals surface area (Å²) in [6, 6.07) is 3.20. The van der Waals surface area contributed by atoms with Crippen LogP contribution in [0.5, 0.6) is 11.5 Å². The first-order chi connectivity index (χ1) is 16.8. The van der Waals surface area contributed by atoms with Gasteiger partial charge in [0, 0.05) is 18.8 Å². The van der Waals surface area contributed by atoms with Crippen molar-refractivity contribution in [2.24, 2.45) is 17.1 Å². The van der Waals surface area contributed by atoms with Crippen molar-refractivity contribution >= 4 is 23.9 Å². The molecule has 202 valence electrons. The Kier molecular flexibility index (Phi) is 12.6. The van der Waals surface area contributed by atoms with Crippen LogP contribution in [-0.4, -0.2) is 41.6 Å². The number of carboxylic acids is 1. The Labute approximate surface area is 213 Å². The van der Waals surface area contributed by atoms with Gasteiger partial charge in [0.25, 0.3) is 0 Å². The van der Waals surface area contributed by atoms with Crippen LogP contribution in [0.1, 0.15) is 91.5 Å². The Morgan fingerprint density at radius 1 is 0.944 bits per heavy atom. The van der Waals surface area contributed by atoms with Gasteiger partial charge in [-0.2, -0.15) is 0 Å². The van der Waals surface area contributed by atoms with E-state index in [-0.39, 0.29) is 30.9 Å². The fourth-order valence-corrected chi connectivity index (χ4v) is 3.46. The van der Waals surface area contributed by atoms with Gasteiger partial charge in [-0.25, -0.2) is 0 Å². The summed E-state index contributed by atoms with van der Waals surface area (Å²) < 4.78 is 16.4. The molecule has 0 radical (unpaired) electrons. The predicted octanol–water partition coefficient (Wildman–Crippen LogP) is 4.60. The molecular formula is C27H41NO8. The second-order valence-corrected chi connectivity index (χ2v) is 10.1. The number of benzene rings is 1. The van der Waals surface area contributed by atoms with Crippen molar-refractivity contribution < 1.29 is 38.5 Å². The largest absolute Gasteiger partial charge is 0.480 e. The quantitative estimate of drug-likeness (QED) is 0.273. The van der Waals surface area contributed by atoms with Crippen molar-refractivity contribution in [1.29, 1.82) is 0 Å². The first-order valence-electron chi connectivity index (χ1n) is 12.5. The molecular weight excluding hydrogens is 466 g/mol. The Bertz CT molecular complexity index is 906. The van der Waals surface area contributed by atoms with Crippen LogP contribution < -0.4 is 15.2 Å². The molecule has 0 amide bonds. The van der Waals surface area contributed by atoms with Crippen LogP contribution in [0.3, 0.4) is 0 Å². The van der Waals surface area contributed by atoms with Crippen LogP contribution in [0, 0.1) is 11.3 Å². The van der Waals surface area contributed by atoms with E-state index in [4.69, 9.17) is 19.9 Å². The van der Waals surface area contributed by atoms with E-state index in [1.54, 1.807) is 33.8 Å². The normalized spacial score (nSPS) is 13.9. The summed E-state index contributed by atoms with van der Waals surface area (Å²) >= 11 is 0. The van der Waals surface area contributed by atoms with Gasteiger partial charge in [-0.1, -0.05) is 39.7 Å². The third kappa shape index (κ3) is 9.97. The van der Waals surface area contributed by atoms with E-state index in [0.717, 1.165) is 12.8 Å². The van der Waals surface area contributed by atoms with Crippen molar-refractivity contribution in [3.63, 3.8) is 0 Å². The van der Waals surface area contributed by atoms with Gasteiger partial charge in [-0.15, -0.1) is 0 Å². The van der Waals surface area contributed by atoms with Gasteiger partial charge in [0.15, 0.2) is 11.5 Å². The summed E-state index contributed by atoms with van der Waals surface area (Å²) in [5, 5.41) is 9.65. The lowest BCUT2D eigenvalue weighted by molar-refractivity contribution is -0.154. The molecule has 2 unspecified atom stereocenters. The highest BCUT2D eigenvalue weighted by molar-refractivity contribution is 5.77. The molecule has 36 heavy (non-hydrogen) atoms. The second-order valence-electron chi connectivity index (χ2n) is 10.1. The average molecular weight is 508 g/mol. The highest BCUT2D eigenvalue weighted by Gasteiger charge is 2.33. The highest BCUT2D eigenvalue weighted by atomic mass is 16.6. The van der Waals surface area contributed by atoms with Crippen LogP contribution >= 0.6 is 0 Å². The number of carbonyl (C=O) groups is 4. The molecule has 0 saturated carbocycles. The number of rotatable bonds is 14. The second kappa shape index (κ2) is 14.6. The van der Waals surface area contributed by atoms with Gasteiger partial charge in [-0.05, 0) is 57.2 Å². The lowest BCUT2D eigenvalue weighted by Crippen LogP contribution is -2.41. The van der Waals surface area contributed by atoms with E-state index in [9.17, 15) is 24.3 Å². The molecule has 0 bridgehead atoms. The zero-order valence-corrected chi connectivity index (χ0v) is 22.3. The van der Waals surface area contributed by atoms with Gasteiger partial charge in [0.1, 0.15) is 6.04 Å². The van der Waals surface area contributed by atoms with E-state index >= 15 is 0 Å². The van der Waals surface area contributed by atoms with Crippen molar-refractivity contribution in [3.05, 3.63) is 23.8 Å². The highest BCUT2D eigenvalue weighted by Crippen LogP contribution is 2.36. The molecule has 1 rings (SSSR count). The predicted molar refractivity (Wildman–Crippen MR) is 135 cm³/mol. The van der Waals surface area contributed by atoms with Gasteiger partial charge >= 0.3 is 23.9 Å². The molecule has 1 aromatic carbocycles. The zero-order chi connectivity index (χ0) is 27.5. The number of esters is 3. The minimum Gasteiger partial charge on any atom is -0.480 e. The molecule has 0 aromatic heterocycles. The van der Waals surface area contributed by atoms with Crippen molar-refractivity contribution in [2.75, 3.05) is 6.61 Å². The Morgan fingerprint density at radius 2 is 1.47 bits per heavy atom. The average Bonchev–Trinajstić information content (AvgIpc) is 2.80. The summed E-state index contributed by atoms with van der Waals surface area (Å²) in [6.45, 7) is 10.7. The molecule has 0 aliphatic rings. The van der Waals surface area contributed by atoms with E-state index in [1.165, 1.54) is 12.1 Å². The molecule has 9 heteroatoms. The van der Waals surface area contributed by atoms with Crippen LogP contribution in [-0.2, 0) is 23.9 Å². The van der Waals surface area contributed by atoms with E-state index in [2.05, 4.69) is 0 Å². The van der Waals surface area contributed by atoms with Crippen LogP contribution in [0.15, 0.2) is 18.2 Å². The standard InChI is InChI=1S/C27H41NO8/c1-7-9-11-21(29)35-19-14-13-18(15-20(19)36-22(30)12-10-8-2)23(24(28)25(31)32)17(3)16-34-26(33)27(4,5)6/h13-15,17,23-24H,7-12,16,28H2,1-6H3,(H,31,32)/t17?,23?,24-/m0/s1. The summed E-state index contributed by atoms with van der Waals surface area (Å²) in [7, 11) is 0. The van der Waals surface area contributed by atoms with Gasteiger partial charge in [-0.3, -0.25) is 19.2 Å². The Balaban J connectivity index is 3.34. The molecule has 3 atom stereocenters. The lowest BCUT2D eigenvalue weighted by Gasteiger charge is -2.29. The van der Waals surface area contributed by atoms with Crippen LogP contribution in [0.4, 0.5) is 0 Å². The van der Waals surface area contributed by atoms with Crippen LogP contribution in [0.2, 0.25) is 0 Å². The van der Waals surface area contributed by atoms with Crippen molar-refractivity contribution in [1.82, 2.24) is 0 Å². The van der Waals surface area contributed by atoms with Gasteiger partial charge in [0.2, 0.25) is 0 Å². The topological polar surface area (TPSA) is 142 Å². The molecule has 0 heterocycles. The fraction of sp³-hybridized carbons (Fsp3) is 0.630. The first kappa shape index (κ1) is 31.1. The number of hydrogen-bond acceptors (Lipinski definition) is 8. The molecule has 0 aliphatic carbocycles. The number of carboxylic acid groups (broad SMARTS) is 1. The minimum atomic E-state index is -1.32.